The van der Waals surface area contributed by atoms with Gasteiger partial charge in [-0.05, 0) is 55.6 Å². The molecule has 0 amide bonds. The number of rotatable bonds is 8. The molecule has 0 aromatic heterocycles. The van der Waals surface area contributed by atoms with Crippen molar-refractivity contribution in [1.82, 2.24) is 10.6 Å². The molecule has 3 rings (SSSR count). The fourth-order valence-corrected chi connectivity index (χ4v) is 4.05. The number of ether oxygens (including phenoxy) is 2. The van der Waals surface area contributed by atoms with Gasteiger partial charge in [0.2, 0.25) is 0 Å². The predicted molar refractivity (Wildman–Crippen MR) is 110 cm³/mol. The summed E-state index contributed by atoms with van der Waals surface area (Å²) in [6.07, 6.45) is 7.02. The number of guanidine groups is 1. The molecular formula is C22H35N3O2. The van der Waals surface area contributed by atoms with Crippen LogP contribution in [0.4, 0.5) is 0 Å². The Morgan fingerprint density at radius 3 is 2.89 bits per heavy atom. The van der Waals surface area contributed by atoms with E-state index in [9.17, 15) is 0 Å². The van der Waals surface area contributed by atoms with Crippen LogP contribution in [0.5, 0.6) is 0 Å². The highest BCUT2D eigenvalue weighted by molar-refractivity contribution is 5.79. The van der Waals surface area contributed by atoms with Crippen molar-refractivity contribution in [3.8, 4) is 0 Å². The van der Waals surface area contributed by atoms with Gasteiger partial charge in [0.25, 0.3) is 0 Å². The van der Waals surface area contributed by atoms with E-state index in [4.69, 9.17) is 9.47 Å². The maximum atomic E-state index is 5.83. The van der Waals surface area contributed by atoms with Crippen molar-refractivity contribution in [3.05, 3.63) is 35.4 Å². The summed E-state index contributed by atoms with van der Waals surface area (Å²) in [6.45, 7) is 5.28. The van der Waals surface area contributed by atoms with Crippen molar-refractivity contribution in [2.45, 2.75) is 44.4 Å². The molecule has 0 spiro atoms. The van der Waals surface area contributed by atoms with Gasteiger partial charge in [-0.1, -0.05) is 24.3 Å². The van der Waals surface area contributed by atoms with E-state index < -0.39 is 0 Å². The molecule has 1 heterocycles. The molecule has 0 bridgehead atoms. The first-order valence-corrected chi connectivity index (χ1v) is 10.5. The van der Waals surface area contributed by atoms with Crippen molar-refractivity contribution >= 4 is 5.96 Å². The van der Waals surface area contributed by atoms with Crippen LogP contribution < -0.4 is 10.6 Å². The Hall–Kier alpha value is -1.59. The number of aryl methyl sites for hydroxylation is 1. The highest BCUT2D eigenvalue weighted by Gasteiger charge is 2.19. The fourth-order valence-electron chi connectivity index (χ4n) is 4.05. The molecule has 2 N–H and O–H groups in total. The Morgan fingerprint density at radius 1 is 1.19 bits per heavy atom. The molecule has 1 fully saturated rings. The molecule has 1 saturated heterocycles. The fraction of sp³-hybridized carbons (Fsp3) is 0.682. The van der Waals surface area contributed by atoms with Gasteiger partial charge in [0.05, 0.1) is 0 Å². The van der Waals surface area contributed by atoms with Gasteiger partial charge in [-0.15, -0.1) is 0 Å². The van der Waals surface area contributed by atoms with E-state index in [0.717, 1.165) is 64.7 Å². The first-order valence-electron chi connectivity index (χ1n) is 10.5. The average Bonchev–Trinajstić information content (AvgIpc) is 2.73. The van der Waals surface area contributed by atoms with Crippen LogP contribution in [0, 0.1) is 5.92 Å². The SMILES string of the molecule is CN=C(NCCCOCC1CCOCC1)NCC1CCCc2ccccc21. The molecule has 1 aromatic carbocycles. The lowest BCUT2D eigenvalue weighted by molar-refractivity contribution is 0.0203. The zero-order valence-electron chi connectivity index (χ0n) is 16.7. The molecule has 1 aliphatic heterocycles. The minimum Gasteiger partial charge on any atom is -0.381 e. The number of fused-ring (bicyclic) bond motifs is 1. The highest BCUT2D eigenvalue weighted by Crippen LogP contribution is 2.30. The van der Waals surface area contributed by atoms with Crippen molar-refractivity contribution < 1.29 is 9.47 Å². The Balaban J connectivity index is 1.30. The minimum atomic E-state index is 0.580. The van der Waals surface area contributed by atoms with E-state index in [-0.39, 0.29) is 0 Å². The van der Waals surface area contributed by atoms with Crippen LogP contribution in [0.3, 0.4) is 0 Å². The number of nitrogens with zero attached hydrogens (tertiary/aromatic N) is 1. The molecular weight excluding hydrogens is 338 g/mol. The lowest BCUT2D eigenvalue weighted by Crippen LogP contribution is -2.40. The molecule has 5 heteroatoms. The summed E-state index contributed by atoms with van der Waals surface area (Å²) >= 11 is 0. The van der Waals surface area contributed by atoms with Gasteiger partial charge in [-0.3, -0.25) is 4.99 Å². The van der Waals surface area contributed by atoms with Gasteiger partial charge in [0, 0.05) is 52.5 Å². The van der Waals surface area contributed by atoms with Gasteiger partial charge in [-0.25, -0.2) is 0 Å². The van der Waals surface area contributed by atoms with Crippen LogP contribution in [0.1, 0.15) is 49.1 Å². The summed E-state index contributed by atoms with van der Waals surface area (Å²) in [5.74, 6) is 2.15. The first-order chi connectivity index (χ1) is 13.4. The molecule has 1 aromatic rings. The Labute approximate surface area is 163 Å². The zero-order chi connectivity index (χ0) is 18.7. The van der Waals surface area contributed by atoms with Crippen LogP contribution in [0.25, 0.3) is 0 Å². The van der Waals surface area contributed by atoms with Gasteiger partial charge in [0.15, 0.2) is 5.96 Å². The molecule has 0 saturated carbocycles. The maximum Gasteiger partial charge on any atom is 0.190 e. The smallest absolute Gasteiger partial charge is 0.190 e. The molecule has 1 aliphatic carbocycles. The number of benzene rings is 1. The first kappa shape index (κ1) is 20.2. The van der Waals surface area contributed by atoms with Gasteiger partial charge >= 0.3 is 0 Å². The summed E-state index contributed by atoms with van der Waals surface area (Å²) in [4.78, 5) is 4.36. The second kappa shape index (κ2) is 11.3. The maximum absolute atomic E-state index is 5.83. The zero-order valence-corrected chi connectivity index (χ0v) is 16.7. The summed E-state index contributed by atoms with van der Waals surface area (Å²) in [5.41, 5.74) is 3.02. The van der Waals surface area contributed by atoms with E-state index in [1.165, 1.54) is 30.4 Å². The van der Waals surface area contributed by atoms with Gasteiger partial charge in [-0.2, -0.15) is 0 Å². The van der Waals surface area contributed by atoms with E-state index >= 15 is 0 Å². The van der Waals surface area contributed by atoms with E-state index in [2.05, 4.69) is 39.9 Å². The van der Waals surface area contributed by atoms with Crippen molar-refractivity contribution in [2.24, 2.45) is 10.9 Å². The second-order valence-corrected chi connectivity index (χ2v) is 7.65. The van der Waals surface area contributed by atoms with Gasteiger partial charge < -0.3 is 20.1 Å². The van der Waals surface area contributed by atoms with E-state index in [1.54, 1.807) is 0 Å². The van der Waals surface area contributed by atoms with E-state index in [0.29, 0.717) is 11.8 Å². The Bertz CT molecular complexity index is 585. The largest absolute Gasteiger partial charge is 0.381 e. The number of hydrogen-bond donors (Lipinski definition) is 2. The minimum absolute atomic E-state index is 0.580. The van der Waals surface area contributed by atoms with Crippen LogP contribution in [-0.4, -0.2) is 52.5 Å². The van der Waals surface area contributed by atoms with Crippen LogP contribution in [-0.2, 0) is 15.9 Å². The topological polar surface area (TPSA) is 54.9 Å². The van der Waals surface area contributed by atoms with E-state index in [1.807, 2.05) is 7.05 Å². The highest BCUT2D eigenvalue weighted by atomic mass is 16.5. The monoisotopic (exact) mass is 373 g/mol. The van der Waals surface area contributed by atoms with Crippen molar-refractivity contribution in [1.29, 1.82) is 0 Å². The van der Waals surface area contributed by atoms with Crippen LogP contribution >= 0.6 is 0 Å². The lowest BCUT2D eigenvalue weighted by Gasteiger charge is -2.26. The molecule has 1 atom stereocenters. The standard InChI is InChI=1S/C22H35N3O2/c1-23-22(24-12-5-13-27-17-18-10-14-26-15-11-18)25-16-20-8-4-7-19-6-2-3-9-21(19)20/h2-3,6,9,18,20H,4-5,7-8,10-17H2,1H3,(H2,23,24,25). The van der Waals surface area contributed by atoms with Crippen LogP contribution in [0.15, 0.2) is 29.3 Å². The van der Waals surface area contributed by atoms with Crippen molar-refractivity contribution in [2.75, 3.05) is 46.6 Å². The summed E-state index contributed by atoms with van der Waals surface area (Å²) < 4.78 is 11.2. The quantitative estimate of drug-likeness (QED) is 0.418. The number of hydrogen-bond acceptors (Lipinski definition) is 3. The van der Waals surface area contributed by atoms with Crippen LogP contribution in [0.2, 0.25) is 0 Å². The number of aliphatic imine (C=N–C) groups is 1. The predicted octanol–water partition coefficient (Wildman–Crippen LogP) is 3.10. The molecule has 2 aliphatic rings. The summed E-state index contributed by atoms with van der Waals surface area (Å²) in [6, 6.07) is 8.87. The Kier molecular flexibility index (Phi) is 8.43. The molecule has 0 radical (unpaired) electrons. The normalized spacial score (nSPS) is 20.9. The Morgan fingerprint density at radius 2 is 2.04 bits per heavy atom. The number of nitrogens with one attached hydrogen (secondary N) is 2. The molecule has 1 unspecified atom stereocenters. The lowest BCUT2D eigenvalue weighted by atomic mass is 9.83. The second-order valence-electron chi connectivity index (χ2n) is 7.65. The average molecular weight is 374 g/mol. The summed E-state index contributed by atoms with van der Waals surface area (Å²) in [7, 11) is 1.84. The molecule has 27 heavy (non-hydrogen) atoms. The molecule has 150 valence electrons. The third-order valence-electron chi connectivity index (χ3n) is 5.69. The third kappa shape index (κ3) is 6.51. The van der Waals surface area contributed by atoms with Gasteiger partial charge in [0.1, 0.15) is 0 Å². The third-order valence-corrected chi connectivity index (χ3v) is 5.69. The molecule has 5 nitrogen and oxygen atoms in total. The van der Waals surface area contributed by atoms with Crippen molar-refractivity contribution in [3.63, 3.8) is 0 Å². The summed E-state index contributed by atoms with van der Waals surface area (Å²) in [5, 5.41) is 6.92.